The van der Waals surface area contributed by atoms with Gasteiger partial charge in [-0.05, 0) is 42.4 Å². The fraction of sp³-hybridized carbons (Fsp3) is 0.500. The zero-order valence-corrected chi connectivity index (χ0v) is 13.4. The third-order valence-corrected chi connectivity index (χ3v) is 5.77. The quantitative estimate of drug-likeness (QED) is 0.785. The first-order valence-corrected chi connectivity index (χ1v) is 9.37. The molecule has 0 spiro atoms. The number of halogens is 1. The number of aromatic amines is 1. The number of nitrogens with one attached hydrogen (secondary N) is 2. The van der Waals surface area contributed by atoms with Crippen LogP contribution in [0.5, 0.6) is 0 Å². The molecule has 0 amide bonds. The van der Waals surface area contributed by atoms with Crippen LogP contribution in [-0.4, -0.2) is 36.0 Å². The minimum Gasteiger partial charge on any atom is -0.385 e. The van der Waals surface area contributed by atoms with E-state index in [1.54, 1.807) is 18.3 Å². The Hall–Kier alpha value is -1.15. The molecule has 6 nitrogen and oxygen atoms in total. The Balaban J connectivity index is 1.64. The fourth-order valence-corrected chi connectivity index (χ4v) is 4.97. The van der Waals surface area contributed by atoms with Gasteiger partial charge < -0.3 is 5.11 Å². The Kier molecular flexibility index (Phi) is 2.92. The van der Waals surface area contributed by atoms with Gasteiger partial charge in [0.1, 0.15) is 0 Å². The number of nitrogens with zero attached hydrogens (tertiary/aromatic N) is 1. The van der Waals surface area contributed by atoms with E-state index in [2.05, 4.69) is 14.9 Å². The Morgan fingerprint density at radius 2 is 2.09 bits per heavy atom. The summed E-state index contributed by atoms with van der Waals surface area (Å²) in [7, 11) is -3.21. The Morgan fingerprint density at radius 1 is 1.41 bits per heavy atom. The van der Waals surface area contributed by atoms with Crippen LogP contribution >= 0.6 is 11.6 Å². The number of fused-ring (bicyclic) bond motifs is 2. The predicted molar refractivity (Wildman–Crippen MR) is 83.0 cm³/mol. The summed E-state index contributed by atoms with van der Waals surface area (Å²) in [6.07, 6.45) is 3.92. The standard InChI is InChI=1S/C14H16ClN3O3S/c1-22(20,21)18-13-8-4-14(19,5-9(8)13)11-2-7(15)3-12-10(11)6-16-17-12/h2-3,6,8-9,13,18-19H,4-5H2,1H3,(H,16,17)/t8-,9+,13-,14+. The molecule has 1 aromatic carbocycles. The van der Waals surface area contributed by atoms with Crippen LogP contribution in [0.4, 0.5) is 0 Å². The average Bonchev–Trinajstić information content (AvgIpc) is 2.83. The highest BCUT2D eigenvalue weighted by atomic mass is 35.5. The lowest BCUT2D eigenvalue weighted by atomic mass is 9.86. The summed E-state index contributed by atoms with van der Waals surface area (Å²) in [5.74, 6) is 0.362. The van der Waals surface area contributed by atoms with E-state index in [9.17, 15) is 13.5 Å². The summed E-state index contributed by atoms with van der Waals surface area (Å²) < 4.78 is 25.3. The molecule has 2 fully saturated rings. The van der Waals surface area contributed by atoms with Crippen molar-refractivity contribution in [3.05, 3.63) is 28.9 Å². The van der Waals surface area contributed by atoms with E-state index in [1.807, 2.05) is 0 Å². The average molecular weight is 342 g/mol. The third kappa shape index (κ3) is 2.23. The van der Waals surface area contributed by atoms with Crippen molar-refractivity contribution in [2.24, 2.45) is 11.8 Å². The summed E-state index contributed by atoms with van der Waals surface area (Å²) in [6.45, 7) is 0. The number of aliphatic hydroxyl groups is 1. The van der Waals surface area contributed by atoms with Crippen molar-refractivity contribution in [1.29, 1.82) is 0 Å². The van der Waals surface area contributed by atoms with E-state index in [1.165, 1.54) is 6.26 Å². The molecule has 0 unspecified atom stereocenters. The van der Waals surface area contributed by atoms with Gasteiger partial charge in [0.25, 0.3) is 0 Å². The van der Waals surface area contributed by atoms with Gasteiger partial charge in [-0.25, -0.2) is 13.1 Å². The van der Waals surface area contributed by atoms with Crippen molar-refractivity contribution in [3.8, 4) is 0 Å². The summed E-state index contributed by atoms with van der Waals surface area (Å²) in [4.78, 5) is 0. The topological polar surface area (TPSA) is 95.1 Å². The van der Waals surface area contributed by atoms with Gasteiger partial charge in [0.15, 0.2) is 0 Å². The molecule has 2 saturated carbocycles. The molecular formula is C14H16ClN3O3S. The molecule has 2 aliphatic carbocycles. The van der Waals surface area contributed by atoms with E-state index < -0.39 is 15.6 Å². The SMILES string of the molecule is CS(=O)(=O)N[C@@H]1[C@@H]2C[C@@](O)(c3cc(Cl)cc4[nH]ncc34)C[C@@H]21. The minimum atomic E-state index is -3.21. The number of rotatable bonds is 3. The molecule has 118 valence electrons. The van der Waals surface area contributed by atoms with Gasteiger partial charge in [-0.2, -0.15) is 5.10 Å². The number of H-pyrrole nitrogens is 1. The van der Waals surface area contributed by atoms with Crippen LogP contribution in [0.1, 0.15) is 18.4 Å². The summed E-state index contributed by atoms with van der Waals surface area (Å²) in [5.41, 5.74) is 0.592. The molecule has 22 heavy (non-hydrogen) atoms. The van der Waals surface area contributed by atoms with E-state index in [4.69, 9.17) is 11.6 Å². The maximum Gasteiger partial charge on any atom is 0.208 e. The van der Waals surface area contributed by atoms with Crippen molar-refractivity contribution in [2.45, 2.75) is 24.5 Å². The lowest BCUT2D eigenvalue weighted by Gasteiger charge is -2.27. The van der Waals surface area contributed by atoms with Crippen molar-refractivity contribution in [2.75, 3.05) is 6.26 Å². The molecule has 0 bridgehead atoms. The van der Waals surface area contributed by atoms with Crippen LogP contribution in [0, 0.1) is 11.8 Å². The zero-order valence-electron chi connectivity index (χ0n) is 11.9. The lowest BCUT2D eigenvalue weighted by Crippen LogP contribution is -2.32. The van der Waals surface area contributed by atoms with Crippen LogP contribution in [0.2, 0.25) is 5.02 Å². The second-order valence-electron chi connectivity index (χ2n) is 6.47. The number of aromatic nitrogens is 2. The largest absolute Gasteiger partial charge is 0.385 e. The van der Waals surface area contributed by atoms with Crippen molar-refractivity contribution in [3.63, 3.8) is 0 Å². The monoisotopic (exact) mass is 341 g/mol. The normalized spacial score (nSPS) is 34.0. The molecule has 1 heterocycles. The fourth-order valence-electron chi connectivity index (χ4n) is 3.91. The Bertz CT molecular complexity index is 851. The summed E-state index contributed by atoms with van der Waals surface area (Å²) in [6, 6.07) is 3.51. The maximum absolute atomic E-state index is 11.3. The molecule has 4 rings (SSSR count). The van der Waals surface area contributed by atoms with E-state index >= 15 is 0 Å². The first kappa shape index (κ1) is 14.4. The maximum atomic E-state index is 11.3. The van der Waals surface area contributed by atoms with Gasteiger partial charge >= 0.3 is 0 Å². The summed E-state index contributed by atoms with van der Waals surface area (Å²) in [5, 5.41) is 19.3. The van der Waals surface area contributed by atoms with Crippen molar-refractivity contribution < 1.29 is 13.5 Å². The minimum absolute atomic E-state index is 0.0469. The second-order valence-corrected chi connectivity index (χ2v) is 8.68. The molecule has 0 aliphatic heterocycles. The summed E-state index contributed by atoms with van der Waals surface area (Å²) >= 11 is 6.13. The van der Waals surface area contributed by atoms with Crippen LogP contribution in [0.15, 0.2) is 18.3 Å². The van der Waals surface area contributed by atoms with E-state index in [-0.39, 0.29) is 17.9 Å². The molecular weight excluding hydrogens is 326 g/mol. The van der Waals surface area contributed by atoms with E-state index in [0.29, 0.717) is 17.9 Å². The van der Waals surface area contributed by atoms with Gasteiger partial charge in [-0.15, -0.1) is 0 Å². The zero-order chi connectivity index (χ0) is 15.7. The number of sulfonamides is 1. The predicted octanol–water partition coefficient (Wildman–Crippen LogP) is 1.36. The molecule has 2 aliphatic rings. The van der Waals surface area contributed by atoms with Crippen LogP contribution in [0.25, 0.3) is 10.9 Å². The molecule has 1 aromatic heterocycles. The van der Waals surface area contributed by atoms with Crippen LogP contribution in [0.3, 0.4) is 0 Å². The Labute approximate surface area is 132 Å². The second kappa shape index (κ2) is 4.44. The third-order valence-electron chi connectivity index (χ3n) is 4.85. The molecule has 4 atom stereocenters. The molecule has 3 N–H and O–H groups in total. The first-order valence-electron chi connectivity index (χ1n) is 7.10. The highest BCUT2D eigenvalue weighted by Crippen LogP contribution is 2.60. The molecule has 8 heteroatoms. The van der Waals surface area contributed by atoms with Gasteiger partial charge in [-0.3, -0.25) is 5.10 Å². The molecule has 2 aromatic rings. The van der Waals surface area contributed by atoms with E-state index in [0.717, 1.165) is 16.5 Å². The first-order chi connectivity index (χ1) is 10.3. The van der Waals surface area contributed by atoms with Gasteiger partial charge in [0.2, 0.25) is 10.0 Å². The number of benzene rings is 1. The Morgan fingerprint density at radius 3 is 2.73 bits per heavy atom. The van der Waals surface area contributed by atoms with Crippen LogP contribution in [-0.2, 0) is 15.6 Å². The molecule has 0 radical (unpaired) electrons. The highest BCUT2D eigenvalue weighted by Gasteiger charge is 2.62. The number of hydrogen-bond donors (Lipinski definition) is 3. The van der Waals surface area contributed by atoms with Gasteiger partial charge in [-0.1, -0.05) is 11.6 Å². The van der Waals surface area contributed by atoms with Crippen molar-refractivity contribution >= 4 is 32.5 Å². The lowest BCUT2D eigenvalue weighted by molar-refractivity contribution is 0.0303. The van der Waals surface area contributed by atoms with Gasteiger partial charge in [0.05, 0.1) is 23.6 Å². The highest BCUT2D eigenvalue weighted by molar-refractivity contribution is 7.88. The van der Waals surface area contributed by atoms with Crippen molar-refractivity contribution in [1.82, 2.24) is 14.9 Å². The molecule has 0 saturated heterocycles. The number of hydrogen-bond acceptors (Lipinski definition) is 4. The van der Waals surface area contributed by atoms with Gasteiger partial charge in [0, 0.05) is 16.5 Å². The smallest absolute Gasteiger partial charge is 0.208 e. The van der Waals surface area contributed by atoms with Crippen LogP contribution < -0.4 is 4.72 Å².